The highest BCUT2D eigenvalue weighted by Crippen LogP contribution is 2.15. The van der Waals surface area contributed by atoms with Gasteiger partial charge in [-0.05, 0) is 45.4 Å². The van der Waals surface area contributed by atoms with Crippen LogP contribution in [-0.2, 0) is 11.0 Å². The molecule has 1 aromatic carbocycles. The molecule has 0 aliphatic rings. The van der Waals surface area contributed by atoms with E-state index >= 15 is 0 Å². The standard InChI is InChI=1S/C12H16ClNOS/c1-9(14-16(15)12(2,3)4)10-5-7-11(13)8-6-10/h5-8H,1-4H3/b14-9+/t16-/m0/s1. The van der Waals surface area contributed by atoms with Crippen molar-refractivity contribution in [1.82, 2.24) is 0 Å². The van der Waals surface area contributed by atoms with Crippen molar-refractivity contribution < 1.29 is 4.21 Å². The minimum atomic E-state index is -1.22. The fraction of sp³-hybridized carbons (Fsp3) is 0.417. The van der Waals surface area contributed by atoms with E-state index in [-0.39, 0.29) is 4.75 Å². The van der Waals surface area contributed by atoms with Gasteiger partial charge in [-0.25, -0.2) is 4.21 Å². The summed E-state index contributed by atoms with van der Waals surface area (Å²) in [4.78, 5) is 0. The molecule has 0 aliphatic carbocycles. The molecule has 0 fully saturated rings. The Morgan fingerprint density at radius 1 is 1.25 bits per heavy atom. The molecule has 88 valence electrons. The van der Waals surface area contributed by atoms with Crippen molar-refractivity contribution in [2.75, 3.05) is 0 Å². The van der Waals surface area contributed by atoms with Gasteiger partial charge in [-0.3, -0.25) is 0 Å². The molecular weight excluding hydrogens is 242 g/mol. The van der Waals surface area contributed by atoms with Crippen molar-refractivity contribution in [1.29, 1.82) is 0 Å². The molecule has 0 saturated carbocycles. The summed E-state index contributed by atoms with van der Waals surface area (Å²) in [5.41, 5.74) is 1.71. The first-order valence-electron chi connectivity index (χ1n) is 5.04. The van der Waals surface area contributed by atoms with Crippen molar-refractivity contribution in [2.24, 2.45) is 4.40 Å². The van der Waals surface area contributed by atoms with E-state index in [2.05, 4.69) is 4.40 Å². The van der Waals surface area contributed by atoms with Crippen molar-refractivity contribution >= 4 is 28.3 Å². The maximum Gasteiger partial charge on any atom is 0.145 e. The van der Waals surface area contributed by atoms with Gasteiger partial charge in [-0.2, -0.15) is 4.40 Å². The molecule has 0 saturated heterocycles. The Kier molecular flexibility index (Phi) is 4.28. The second-order valence-electron chi connectivity index (χ2n) is 4.55. The van der Waals surface area contributed by atoms with Gasteiger partial charge in [0.05, 0.1) is 10.5 Å². The van der Waals surface area contributed by atoms with Crippen LogP contribution in [0.4, 0.5) is 0 Å². The van der Waals surface area contributed by atoms with Crippen LogP contribution in [0.15, 0.2) is 28.7 Å². The van der Waals surface area contributed by atoms with E-state index < -0.39 is 11.0 Å². The number of benzene rings is 1. The smallest absolute Gasteiger partial charge is 0.145 e. The SMILES string of the molecule is C/C(=N\[S@@](=O)C(C)(C)C)c1ccc(Cl)cc1. The van der Waals surface area contributed by atoms with Gasteiger partial charge in [0.15, 0.2) is 0 Å². The largest absolute Gasteiger partial charge is 0.234 e. The van der Waals surface area contributed by atoms with Crippen LogP contribution in [-0.4, -0.2) is 14.7 Å². The molecule has 0 spiro atoms. The topological polar surface area (TPSA) is 29.4 Å². The summed E-state index contributed by atoms with van der Waals surface area (Å²) in [6.45, 7) is 7.57. The number of nitrogens with zero attached hydrogens (tertiary/aromatic N) is 1. The molecule has 0 amide bonds. The van der Waals surface area contributed by atoms with Gasteiger partial charge in [-0.1, -0.05) is 23.7 Å². The first-order valence-corrected chi connectivity index (χ1v) is 6.52. The average molecular weight is 258 g/mol. The summed E-state index contributed by atoms with van der Waals surface area (Å²) >= 11 is 5.79. The highest BCUT2D eigenvalue weighted by Gasteiger charge is 2.19. The molecule has 0 heterocycles. The maximum atomic E-state index is 11.8. The summed E-state index contributed by atoms with van der Waals surface area (Å²) in [5, 5.41) is 0.688. The third-order valence-electron chi connectivity index (χ3n) is 2.01. The zero-order valence-corrected chi connectivity index (χ0v) is 11.5. The molecule has 0 bridgehead atoms. The van der Waals surface area contributed by atoms with Crippen molar-refractivity contribution in [3.63, 3.8) is 0 Å². The normalized spacial score (nSPS) is 14.9. The lowest BCUT2D eigenvalue weighted by Crippen LogP contribution is -2.20. The third kappa shape index (κ3) is 3.72. The van der Waals surface area contributed by atoms with Crippen LogP contribution >= 0.6 is 11.6 Å². The molecular formula is C12H16ClNOS. The minimum absolute atomic E-state index is 0.326. The van der Waals surface area contributed by atoms with Crippen LogP contribution < -0.4 is 0 Å². The summed E-state index contributed by atoms with van der Waals surface area (Å²) in [6, 6.07) is 7.36. The molecule has 0 unspecified atom stereocenters. The van der Waals surface area contributed by atoms with E-state index in [1.54, 1.807) is 12.1 Å². The number of hydrogen-bond donors (Lipinski definition) is 0. The van der Waals surface area contributed by atoms with E-state index in [4.69, 9.17) is 11.6 Å². The zero-order valence-electron chi connectivity index (χ0n) is 9.95. The van der Waals surface area contributed by atoms with E-state index in [1.165, 1.54) is 0 Å². The molecule has 2 nitrogen and oxygen atoms in total. The van der Waals surface area contributed by atoms with Gasteiger partial charge < -0.3 is 0 Å². The zero-order chi connectivity index (χ0) is 12.3. The molecule has 1 aromatic rings. The Bertz CT molecular complexity index is 418. The summed E-state index contributed by atoms with van der Waals surface area (Å²) in [5.74, 6) is 0. The van der Waals surface area contributed by atoms with Gasteiger partial charge >= 0.3 is 0 Å². The number of hydrogen-bond acceptors (Lipinski definition) is 1. The van der Waals surface area contributed by atoms with Crippen LogP contribution in [0.3, 0.4) is 0 Å². The lowest BCUT2D eigenvalue weighted by atomic mass is 10.1. The first-order chi connectivity index (χ1) is 7.30. The molecule has 0 radical (unpaired) electrons. The number of halogens is 1. The lowest BCUT2D eigenvalue weighted by Gasteiger charge is -2.14. The van der Waals surface area contributed by atoms with Crippen LogP contribution in [0, 0.1) is 0 Å². The van der Waals surface area contributed by atoms with E-state index in [0.717, 1.165) is 11.3 Å². The Balaban J connectivity index is 2.94. The van der Waals surface area contributed by atoms with Crippen molar-refractivity contribution in [3.05, 3.63) is 34.9 Å². The Labute approximate surface area is 104 Å². The van der Waals surface area contributed by atoms with Gasteiger partial charge in [0.25, 0.3) is 0 Å². The van der Waals surface area contributed by atoms with Gasteiger partial charge in [0, 0.05) is 5.02 Å². The average Bonchev–Trinajstić information content (AvgIpc) is 2.17. The molecule has 4 heteroatoms. The minimum Gasteiger partial charge on any atom is -0.234 e. The highest BCUT2D eigenvalue weighted by atomic mass is 35.5. The molecule has 0 N–H and O–H groups in total. The monoisotopic (exact) mass is 257 g/mol. The van der Waals surface area contributed by atoms with Crippen LogP contribution in [0.5, 0.6) is 0 Å². The van der Waals surface area contributed by atoms with Crippen molar-refractivity contribution in [2.45, 2.75) is 32.4 Å². The van der Waals surface area contributed by atoms with Gasteiger partial charge in [0.2, 0.25) is 0 Å². The Hall–Kier alpha value is -0.670. The summed E-state index contributed by atoms with van der Waals surface area (Å²) in [6.07, 6.45) is 0. The third-order valence-corrected chi connectivity index (χ3v) is 3.75. The maximum absolute atomic E-state index is 11.8. The molecule has 16 heavy (non-hydrogen) atoms. The highest BCUT2D eigenvalue weighted by molar-refractivity contribution is 7.85. The van der Waals surface area contributed by atoms with Crippen molar-refractivity contribution in [3.8, 4) is 0 Å². The summed E-state index contributed by atoms with van der Waals surface area (Å²) < 4.78 is 15.7. The molecule has 0 aromatic heterocycles. The molecule has 1 atom stereocenters. The van der Waals surface area contributed by atoms with E-state index in [9.17, 15) is 4.21 Å². The van der Waals surface area contributed by atoms with Gasteiger partial charge in [0.1, 0.15) is 11.0 Å². The predicted molar refractivity (Wildman–Crippen MR) is 71.6 cm³/mol. The van der Waals surface area contributed by atoms with Crippen LogP contribution in [0.1, 0.15) is 33.3 Å². The second-order valence-corrected chi connectivity index (χ2v) is 6.89. The fourth-order valence-electron chi connectivity index (χ4n) is 1.01. The molecule has 1 rings (SSSR count). The Morgan fingerprint density at radius 3 is 2.19 bits per heavy atom. The predicted octanol–water partition coefficient (Wildman–Crippen LogP) is 3.61. The fourth-order valence-corrected chi connectivity index (χ4v) is 1.76. The van der Waals surface area contributed by atoms with Crippen LogP contribution in [0.25, 0.3) is 0 Å². The quantitative estimate of drug-likeness (QED) is 0.745. The second kappa shape index (κ2) is 5.11. The van der Waals surface area contributed by atoms with E-state index in [1.807, 2.05) is 39.8 Å². The lowest BCUT2D eigenvalue weighted by molar-refractivity contribution is 0.650. The molecule has 0 aliphatic heterocycles. The van der Waals surface area contributed by atoms with Crippen LogP contribution in [0.2, 0.25) is 5.02 Å². The van der Waals surface area contributed by atoms with E-state index in [0.29, 0.717) is 5.02 Å². The Morgan fingerprint density at radius 2 is 1.75 bits per heavy atom. The van der Waals surface area contributed by atoms with Gasteiger partial charge in [-0.15, -0.1) is 0 Å². The number of rotatable bonds is 2. The first kappa shape index (κ1) is 13.4. The summed E-state index contributed by atoms with van der Waals surface area (Å²) in [7, 11) is -1.22.